The molecule has 1 aromatic rings. The van der Waals surface area contributed by atoms with E-state index < -0.39 is 22.7 Å². The highest BCUT2D eigenvalue weighted by atomic mass is 16.5. The summed E-state index contributed by atoms with van der Waals surface area (Å²) >= 11 is 0. The van der Waals surface area contributed by atoms with Gasteiger partial charge in [-0.2, -0.15) is 15.8 Å². The third-order valence-electron chi connectivity index (χ3n) is 3.66. The van der Waals surface area contributed by atoms with Gasteiger partial charge in [-0.05, 0) is 12.5 Å². The fourth-order valence-corrected chi connectivity index (χ4v) is 2.67. The Morgan fingerprint density at radius 2 is 1.80 bits per heavy atom. The topological polar surface area (TPSA) is 97.7 Å². The third kappa shape index (κ3) is 1.43. The molecular weight excluding hydrogens is 254 g/mol. The summed E-state index contributed by atoms with van der Waals surface area (Å²) in [6.07, 6.45) is 0. The van der Waals surface area contributed by atoms with Gasteiger partial charge in [-0.1, -0.05) is 30.3 Å². The largest absolute Gasteiger partial charge is 0.465 e. The molecule has 98 valence electrons. The smallest absolute Gasteiger partial charge is 0.330 e. The van der Waals surface area contributed by atoms with Crippen LogP contribution in [0, 0.1) is 44.8 Å². The van der Waals surface area contributed by atoms with Gasteiger partial charge in [-0.3, -0.25) is 4.79 Å². The van der Waals surface area contributed by atoms with E-state index in [1.54, 1.807) is 37.3 Å². The summed E-state index contributed by atoms with van der Waals surface area (Å²) in [5.74, 6) is -1.59. The highest BCUT2D eigenvalue weighted by Gasteiger charge is 2.85. The van der Waals surface area contributed by atoms with Gasteiger partial charge in [0.2, 0.25) is 0 Å². The van der Waals surface area contributed by atoms with Crippen molar-refractivity contribution in [3.8, 4) is 18.2 Å². The highest BCUT2D eigenvalue weighted by molar-refractivity contribution is 5.91. The van der Waals surface area contributed by atoms with E-state index in [0.717, 1.165) is 0 Å². The molecule has 0 aliphatic heterocycles. The average molecular weight is 265 g/mol. The highest BCUT2D eigenvalue weighted by Crippen LogP contribution is 2.74. The number of hydrogen-bond acceptors (Lipinski definition) is 5. The first kappa shape index (κ1) is 13.6. The molecule has 1 aliphatic carbocycles. The van der Waals surface area contributed by atoms with Gasteiger partial charge < -0.3 is 4.74 Å². The van der Waals surface area contributed by atoms with Crippen molar-refractivity contribution >= 4 is 5.97 Å². The van der Waals surface area contributed by atoms with Crippen LogP contribution in [0.4, 0.5) is 0 Å². The molecule has 2 atom stereocenters. The Morgan fingerprint density at radius 3 is 2.25 bits per heavy atom. The summed E-state index contributed by atoms with van der Waals surface area (Å²) in [7, 11) is 0. The first-order valence-electron chi connectivity index (χ1n) is 6.10. The second kappa shape index (κ2) is 4.68. The number of carbonyl (C=O) groups is 1. The number of ether oxygens (including phenoxy) is 1. The Hall–Kier alpha value is -2.84. The van der Waals surface area contributed by atoms with E-state index in [1.807, 2.05) is 18.2 Å². The molecule has 2 rings (SSSR count). The minimum atomic E-state index is -1.74. The van der Waals surface area contributed by atoms with Gasteiger partial charge in [0, 0.05) is 0 Å². The van der Waals surface area contributed by atoms with Crippen molar-refractivity contribution in [1.29, 1.82) is 15.8 Å². The minimum Gasteiger partial charge on any atom is -0.465 e. The molecule has 0 bridgehead atoms. The summed E-state index contributed by atoms with van der Waals surface area (Å²) < 4.78 is 4.91. The van der Waals surface area contributed by atoms with Gasteiger partial charge in [0.25, 0.3) is 0 Å². The number of nitriles is 3. The fraction of sp³-hybridized carbons (Fsp3) is 0.333. The zero-order valence-corrected chi connectivity index (χ0v) is 10.8. The number of benzene rings is 1. The normalized spacial score (nSPS) is 25.6. The predicted octanol–water partition coefficient (Wildman–Crippen LogP) is 1.89. The van der Waals surface area contributed by atoms with Crippen molar-refractivity contribution < 1.29 is 9.53 Å². The molecule has 20 heavy (non-hydrogen) atoms. The Labute approximate surface area is 116 Å². The maximum atomic E-state index is 12.1. The van der Waals surface area contributed by atoms with Crippen LogP contribution >= 0.6 is 0 Å². The van der Waals surface area contributed by atoms with Gasteiger partial charge in [0.1, 0.15) is 0 Å². The molecule has 0 saturated heterocycles. The first-order valence-corrected chi connectivity index (χ1v) is 6.10. The van der Waals surface area contributed by atoms with Crippen molar-refractivity contribution in [2.75, 3.05) is 6.61 Å². The Kier molecular flexibility index (Phi) is 3.18. The molecule has 0 unspecified atom stereocenters. The lowest BCUT2D eigenvalue weighted by atomic mass is 9.97. The van der Waals surface area contributed by atoms with Crippen LogP contribution in [0.5, 0.6) is 0 Å². The summed E-state index contributed by atoms with van der Waals surface area (Å²) in [5.41, 5.74) is -2.81. The second-order valence-corrected chi connectivity index (χ2v) is 4.52. The van der Waals surface area contributed by atoms with Crippen LogP contribution in [-0.2, 0) is 9.53 Å². The van der Waals surface area contributed by atoms with E-state index in [9.17, 15) is 20.6 Å². The molecule has 0 aromatic heterocycles. The van der Waals surface area contributed by atoms with Gasteiger partial charge >= 0.3 is 5.97 Å². The van der Waals surface area contributed by atoms with Gasteiger partial charge in [0.05, 0.1) is 30.7 Å². The molecule has 1 aromatic carbocycles. The number of hydrogen-bond donors (Lipinski definition) is 0. The number of esters is 1. The third-order valence-corrected chi connectivity index (χ3v) is 3.66. The molecule has 1 aliphatic rings. The average Bonchev–Trinajstić information content (AvgIpc) is 3.12. The van der Waals surface area contributed by atoms with E-state index >= 15 is 0 Å². The first-order chi connectivity index (χ1) is 9.64. The number of rotatable bonds is 3. The minimum absolute atomic E-state index is 0.0940. The molecule has 1 saturated carbocycles. The van der Waals surface area contributed by atoms with E-state index in [2.05, 4.69) is 0 Å². The van der Waals surface area contributed by atoms with Crippen LogP contribution in [0.15, 0.2) is 30.3 Å². The van der Waals surface area contributed by atoms with Crippen LogP contribution in [0.25, 0.3) is 0 Å². The van der Waals surface area contributed by atoms with E-state index in [4.69, 9.17) is 4.74 Å². The molecule has 0 amide bonds. The standard InChI is InChI=1S/C15H11N3O2/c1-2-20-13(19)15(10-18)12(14(15,8-16)9-17)11-6-4-3-5-7-11/h3-7,12H,2H2,1H3/t12-,15-/m1/s1. The lowest BCUT2D eigenvalue weighted by molar-refractivity contribution is -0.148. The Balaban J connectivity index is 2.58. The predicted molar refractivity (Wildman–Crippen MR) is 67.5 cm³/mol. The van der Waals surface area contributed by atoms with Crippen molar-refractivity contribution in [3.63, 3.8) is 0 Å². The lowest BCUT2D eigenvalue weighted by Crippen LogP contribution is -2.24. The summed E-state index contributed by atoms with van der Waals surface area (Å²) in [4.78, 5) is 12.1. The fourth-order valence-electron chi connectivity index (χ4n) is 2.67. The van der Waals surface area contributed by atoms with Gasteiger partial charge in [0.15, 0.2) is 10.8 Å². The molecular formula is C15H11N3O2. The van der Waals surface area contributed by atoms with Gasteiger partial charge in [-0.25, -0.2) is 0 Å². The molecule has 0 radical (unpaired) electrons. The van der Waals surface area contributed by atoms with Crippen molar-refractivity contribution in [2.24, 2.45) is 10.8 Å². The summed E-state index contributed by atoms with van der Waals surface area (Å²) in [6, 6.07) is 14.2. The van der Waals surface area contributed by atoms with Crippen molar-refractivity contribution in [2.45, 2.75) is 12.8 Å². The molecule has 0 spiro atoms. The molecule has 0 heterocycles. The SMILES string of the molecule is CCOC(=O)[C@@]1(C#N)[C@H](c2ccccc2)C1(C#N)C#N. The van der Waals surface area contributed by atoms with Crippen LogP contribution in [0.2, 0.25) is 0 Å². The lowest BCUT2D eigenvalue weighted by Gasteiger charge is -2.07. The van der Waals surface area contributed by atoms with Crippen LogP contribution in [0.1, 0.15) is 18.4 Å². The molecule has 0 N–H and O–H groups in total. The van der Waals surface area contributed by atoms with E-state index in [0.29, 0.717) is 5.56 Å². The Morgan fingerprint density at radius 1 is 1.20 bits per heavy atom. The summed E-state index contributed by atoms with van der Waals surface area (Å²) in [5, 5.41) is 28.1. The molecule has 1 fully saturated rings. The molecule has 5 heteroatoms. The van der Waals surface area contributed by atoms with E-state index in [1.165, 1.54) is 0 Å². The van der Waals surface area contributed by atoms with Crippen LogP contribution < -0.4 is 0 Å². The van der Waals surface area contributed by atoms with Gasteiger partial charge in [-0.15, -0.1) is 0 Å². The quantitative estimate of drug-likeness (QED) is 0.777. The Bertz CT molecular complexity index is 649. The zero-order chi connectivity index (χ0) is 14.8. The molecule has 5 nitrogen and oxygen atoms in total. The number of nitrogens with zero attached hydrogens (tertiary/aromatic N) is 3. The van der Waals surface area contributed by atoms with Crippen LogP contribution in [0.3, 0.4) is 0 Å². The zero-order valence-electron chi connectivity index (χ0n) is 10.8. The van der Waals surface area contributed by atoms with Crippen molar-refractivity contribution in [1.82, 2.24) is 0 Å². The second-order valence-electron chi connectivity index (χ2n) is 4.52. The summed E-state index contributed by atoms with van der Waals surface area (Å²) in [6.45, 7) is 1.71. The van der Waals surface area contributed by atoms with Crippen LogP contribution in [-0.4, -0.2) is 12.6 Å². The van der Waals surface area contributed by atoms with Crippen molar-refractivity contribution in [3.05, 3.63) is 35.9 Å². The number of carbonyl (C=O) groups excluding carboxylic acids is 1. The monoisotopic (exact) mass is 265 g/mol. The van der Waals surface area contributed by atoms with E-state index in [-0.39, 0.29) is 6.61 Å². The maximum absolute atomic E-state index is 12.1. The maximum Gasteiger partial charge on any atom is 0.330 e.